The van der Waals surface area contributed by atoms with Gasteiger partial charge in [-0.05, 0) is 32.1 Å². The highest BCUT2D eigenvalue weighted by Gasteiger charge is 2.31. The van der Waals surface area contributed by atoms with Gasteiger partial charge in [-0.25, -0.2) is 0 Å². The predicted octanol–water partition coefficient (Wildman–Crippen LogP) is 3.18. The molecule has 3 heteroatoms. The molecule has 88 valence electrons. The van der Waals surface area contributed by atoms with E-state index < -0.39 is 0 Å². The van der Waals surface area contributed by atoms with E-state index in [1.807, 2.05) is 0 Å². The summed E-state index contributed by atoms with van der Waals surface area (Å²) >= 11 is 6.08. The Morgan fingerprint density at radius 3 is 2.20 bits per heavy atom. The van der Waals surface area contributed by atoms with Crippen LogP contribution in [0, 0.1) is 11.8 Å². The summed E-state index contributed by atoms with van der Waals surface area (Å²) in [5.74, 6) is 1.18. The van der Waals surface area contributed by atoms with Crippen molar-refractivity contribution in [2.45, 2.75) is 50.7 Å². The lowest BCUT2D eigenvalue weighted by atomic mass is 9.88. The van der Waals surface area contributed by atoms with Crippen molar-refractivity contribution in [3.05, 3.63) is 0 Å². The molecule has 1 aliphatic heterocycles. The van der Waals surface area contributed by atoms with Gasteiger partial charge in [-0.2, -0.15) is 0 Å². The van der Waals surface area contributed by atoms with Gasteiger partial charge in [0.25, 0.3) is 0 Å². The quantitative estimate of drug-likeness (QED) is 0.681. The molecule has 0 spiro atoms. The van der Waals surface area contributed by atoms with Gasteiger partial charge in [-0.3, -0.25) is 0 Å². The van der Waals surface area contributed by atoms with E-state index in [0.717, 1.165) is 45.3 Å². The molecule has 1 saturated carbocycles. The number of hydrogen-bond donors (Lipinski definition) is 0. The van der Waals surface area contributed by atoms with Gasteiger partial charge in [0.1, 0.15) is 0 Å². The SMILES string of the molecule is CC[C@H]1CO[C@H](C2CCC(Cl)CC2)OC1. The largest absolute Gasteiger partial charge is 0.352 e. The van der Waals surface area contributed by atoms with Gasteiger partial charge in [-0.1, -0.05) is 6.92 Å². The molecule has 0 N–H and O–H groups in total. The zero-order chi connectivity index (χ0) is 10.7. The zero-order valence-corrected chi connectivity index (χ0v) is 10.2. The lowest BCUT2D eigenvalue weighted by Crippen LogP contribution is -2.38. The molecule has 2 rings (SSSR count). The summed E-state index contributed by atoms with van der Waals surface area (Å²) in [4.78, 5) is 0. The van der Waals surface area contributed by atoms with Gasteiger partial charge in [0.15, 0.2) is 6.29 Å². The molecule has 0 bridgehead atoms. The summed E-state index contributed by atoms with van der Waals surface area (Å²) in [6.45, 7) is 3.94. The summed E-state index contributed by atoms with van der Waals surface area (Å²) in [6, 6.07) is 0. The smallest absolute Gasteiger partial charge is 0.160 e. The molecule has 2 nitrogen and oxygen atoms in total. The molecule has 1 heterocycles. The minimum absolute atomic E-state index is 0.0527. The van der Waals surface area contributed by atoms with E-state index in [9.17, 15) is 0 Å². The molecule has 1 saturated heterocycles. The van der Waals surface area contributed by atoms with Crippen LogP contribution in [-0.2, 0) is 9.47 Å². The maximum absolute atomic E-state index is 6.08. The Labute approximate surface area is 97.3 Å². The van der Waals surface area contributed by atoms with E-state index in [4.69, 9.17) is 21.1 Å². The first kappa shape index (κ1) is 11.7. The topological polar surface area (TPSA) is 18.5 Å². The van der Waals surface area contributed by atoms with Crippen LogP contribution in [0.5, 0.6) is 0 Å². The normalized spacial score (nSPS) is 42.8. The van der Waals surface area contributed by atoms with Crippen LogP contribution in [0.1, 0.15) is 39.0 Å². The van der Waals surface area contributed by atoms with Crippen LogP contribution in [0.2, 0.25) is 0 Å². The Bertz CT molecular complexity index is 182. The molecule has 0 aromatic rings. The highest BCUT2D eigenvalue weighted by molar-refractivity contribution is 6.20. The predicted molar refractivity (Wildman–Crippen MR) is 61.1 cm³/mol. The average molecular weight is 233 g/mol. The van der Waals surface area contributed by atoms with Crippen molar-refractivity contribution >= 4 is 11.6 Å². The summed E-state index contributed by atoms with van der Waals surface area (Å²) in [5, 5.41) is 0.383. The van der Waals surface area contributed by atoms with E-state index in [0.29, 0.717) is 17.2 Å². The van der Waals surface area contributed by atoms with Crippen LogP contribution in [-0.4, -0.2) is 24.9 Å². The molecule has 2 aliphatic rings. The third-order valence-corrected chi connectivity index (χ3v) is 4.09. The summed E-state index contributed by atoms with van der Waals surface area (Å²) in [6.07, 6.45) is 5.77. The van der Waals surface area contributed by atoms with E-state index in [-0.39, 0.29) is 6.29 Å². The molecule has 15 heavy (non-hydrogen) atoms. The highest BCUT2D eigenvalue weighted by atomic mass is 35.5. The molecule has 0 aromatic carbocycles. The Morgan fingerprint density at radius 1 is 1.07 bits per heavy atom. The van der Waals surface area contributed by atoms with Crippen molar-refractivity contribution in [1.82, 2.24) is 0 Å². The van der Waals surface area contributed by atoms with Crippen LogP contribution >= 0.6 is 11.6 Å². The minimum atomic E-state index is 0.0527. The Kier molecular flexibility index (Phi) is 4.30. The van der Waals surface area contributed by atoms with Crippen molar-refractivity contribution in [3.63, 3.8) is 0 Å². The highest BCUT2D eigenvalue weighted by Crippen LogP contribution is 2.33. The second-order valence-electron chi connectivity index (χ2n) is 4.82. The van der Waals surface area contributed by atoms with Gasteiger partial charge in [0.05, 0.1) is 13.2 Å². The van der Waals surface area contributed by atoms with Gasteiger partial charge in [0.2, 0.25) is 0 Å². The van der Waals surface area contributed by atoms with Crippen molar-refractivity contribution in [2.75, 3.05) is 13.2 Å². The Balaban J connectivity index is 1.75. The first-order chi connectivity index (χ1) is 7.29. The third kappa shape index (κ3) is 3.08. The standard InChI is InChI=1S/C12H21ClO2/c1-2-9-7-14-12(15-8-9)10-3-5-11(13)6-4-10/h9-12H,2-8H2,1H3/t9-,10?,11?,12-. The minimum Gasteiger partial charge on any atom is -0.352 e. The van der Waals surface area contributed by atoms with Gasteiger partial charge < -0.3 is 9.47 Å². The van der Waals surface area contributed by atoms with Crippen LogP contribution in [0.4, 0.5) is 0 Å². The molecular formula is C12H21ClO2. The molecule has 0 radical (unpaired) electrons. The van der Waals surface area contributed by atoms with Crippen LogP contribution in [0.25, 0.3) is 0 Å². The van der Waals surface area contributed by atoms with Crippen LogP contribution in [0.3, 0.4) is 0 Å². The number of hydrogen-bond acceptors (Lipinski definition) is 2. The molecule has 0 unspecified atom stereocenters. The number of ether oxygens (including phenoxy) is 2. The van der Waals surface area contributed by atoms with Crippen molar-refractivity contribution in [3.8, 4) is 0 Å². The molecule has 0 atom stereocenters. The third-order valence-electron chi connectivity index (χ3n) is 3.66. The molecule has 0 aromatic heterocycles. The van der Waals surface area contributed by atoms with Crippen molar-refractivity contribution in [1.29, 1.82) is 0 Å². The fraction of sp³-hybridized carbons (Fsp3) is 1.00. The average Bonchev–Trinajstić information content (AvgIpc) is 2.30. The van der Waals surface area contributed by atoms with E-state index in [1.165, 1.54) is 0 Å². The van der Waals surface area contributed by atoms with Gasteiger partial charge >= 0.3 is 0 Å². The molecular weight excluding hydrogens is 212 g/mol. The second-order valence-corrected chi connectivity index (χ2v) is 5.44. The summed E-state index contributed by atoms with van der Waals surface area (Å²) in [7, 11) is 0. The lowest BCUT2D eigenvalue weighted by molar-refractivity contribution is -0.228. The zero-order valence-electron chi connectivity index (χ0n) is 9.45. The van der Waals surface area contributed by atoms with E-state index >= 15 is 0 Å². The van der Waals surface area contributed by atoms with Crippen LogP contribution in [0.15, 0.2) is 0 Å². The fourth-order valence-electron chi connectivity index (χ4n) is 2.42. The van der Waals surface area contributed by atoms with Crippen LogP contribution < -0.4 is 0 Å². The van der Waals surface area contributed by atoms with Gasteiger partial charge in [0, 0.05) is 17.2 Å². The maximum Gasteiger partial charge on any atom is 0.160 e. The number of halogens is 1. The first-order valence-electron chi connectivity index (χ1n) is 6.17. The Hall–Kier alpha value is 0.210. The monoisotopic (exact) mass is 232 g/mol. The second kappa shape index (κ2) is 5.51. The Morgan fingerprint density at radius 2 is 1.67 bits per heavy atom. The lowest BCUT2D eigenvalue weighted by Gasteiger charge is -2.36. The maximum atomic E-state index is 6.08. The summed E-state index contributed by atoms with van der Waals surface area (Å²) < 4.78 is 11.6. The molecule has 2 fully saturated rings. The fourth-order valence-corrected chi connectivity index (χ4v) is 2.67. The molecule has 0 amide bonds. The van der Waals surface area contributed by atoms with E-state index in [1.54, 1.807) is 0 Å². The van der Waals surface area contributed by atoms with Crippen molar-refractivity contribution < 1.29 is 9.47 Å². The first-order valence-corrected chi connectivity index (χ1v) is 6.60. The summed E-state index contributed by atoms with van der Waals surface area (Å²) in [5.41, 5.74) is 0. The van der Waals surface area contributed by atoms with Gasteiger partial charge in [-0.15, -0.1) is 11.6 Å². The number of alkyl halides is 1. The van der Waals surface area contributed by atoms with Crippen molar-refractivity contribution in [2.24, 2.45) is 11.8 Å². The van der Waals surface area contributed by atoms with E-state index in [2.05, 4.69) is 6.92 Å². The number of rotatable bonds is 2. The molecule has 1 aliphatic carbocycles.